The van der Waals surface area contributed by atoms with Gasteiger partial charge in [0, 0.05) is 11.8 Å². The molecule has 0 fully saturated rings. The van der Waals surface area contributed by atoms with E-state index in [0.717, 1.165) is 11.1 Å². The quantitative estimate of drug-likeness (QED) is 0.857. The summed E-state index contributed by atoms with van der Waals surface area (Å²) < 4.78 is 0. The van der Waals surface area contributed by atoms with Crippen LogP contribution in [0.25, 0.3) is 11.3 Å². The van der Waals surface area contributed by atoms with Crippen LogP contribution in [-0.4, -0.2) is 21.0 Å². The summed E-state index contributed by atoms with van der Waals surface area (Å²) in [5, 5.41) is 9.09. The first-order valence-electron chi connectivity index (χ1n) is 5.22. The largest absolute Gasteiger partial charge is 0.478 e. The van der Waals surface area contributed by atoms with E-state index in [1.807, 2.05) is 31.2 Å². The van der Waals surface area contributed by atoms with Gasteiger partial charge in [0.05, 0.1) is 5.69 Å². The summed E-state index contributed by atoms with van der Waals surface area (Å²) in [6, 6.07) is 7.59. The van der Waals surface area contributed by atoms with Crippen LogP contribution in [0.1, 0.15) is 21.7 Å². The van der Waals surface area contributed by atoms with Crippen LogP contribution in [0.15, 0.2) is 30.5 Å². The van der Waals surface area contributed by atoms with Crippen LogP contribution >= 0.6 is 0 Å². The van der Waals surface area contributed by atoms with Crippen LogP contribution in [0.2, 0.25) is 0 Å². The van der Waals surface area contributed by atoms with Gasteiger partial charge in [0.2, 0.25) is 0 Å². The number of carboxylic acid groups (broad SMARTS) is 1. The van der Waals surface area contributed by atoms with Gasteiger partial charge in [0.25, 0.3) is 0 Å². The molecule has 0 amide bonds. The van der Waals surface area contributed by atoms with E-state index in [1.165, 1.54) is 6.20 Å². The summed E-state index contributed by atoms with van der Waals surface area (Å²) >= 11 is 0. The highest BCUT2D eigenvalue weighted by Crippen LogP contribution is 2.21. The second-order valence-electron chi connectivity index (χ2n) is 3.85. The van der Waals surface area contributed by atoms with Crippen molar-refractivity contribution in [2.24, 2.45) is 0 Å². The van der Waals surface area contributed by atoms with Crippen molar-refractivity contribution in [1.29, 1.82) is 0 Å². The molecule has 0 aliphatic carbocycles. The number of hydrogen-bond donors (Lipinski definition) is 1. The van der Waals surface area contributed by atoms with Crippen molar-refractivity contribution in [3.05, 3.63) is 47.4 Å². The standard InChI is InChI=1S/C13H12N2O2/c1-8-3-5-10(6-4-8)12-11(13(16)17)7-14-9(2)15-12/h3-7H,1-2H3,(H,16,17). The predicted octanol–water partition coefficient (Wildman–Crippen LogP) is 2.46. The van der Waals surface area contributed by atoms with Crippen molar-refractivity contribution in [3.8, 4) is 11.3 Å². The van der Waals surface area contributed by atoms with Crippen LogP contribution in [0.3, 0.4) is 0 Å². The fourth-order valence-corrected chi connectivity index (χ4v) is 1.56. The number of carboxylic acids is 1. The summed E-state index contributed by atoms with van der Waals surface area (Å²) in [5.74, 6) is -0.453. The van der Waals surface area contributed by atoms with Gasteiger partial charge in [0.15, 0.2) is 0 Å². The highest BCUT2D eigenvalue weighted by molar-refractivity contribution is 5.94. The lowest BCUT2D eigenvalue weighted by Gasteiger charge is -2.06. The summed E-state index contributed by atoms with van der Waals surface area (Å²) in [6.45, 7) is 3.72. The number of aromatic carboxylic acids is 1. The number of rotatable bonds is 2. The van der Waals surface area contributed by atoms with Gasteiger partial charge in [-0.25, -0.2) is 14.8 Å². The zero-order valence-corrected chi connectivity index (χ0v) is 9.64. The molecule has 17 heavy (non-hydrogen) atoms. The lowest BCUT2D eigenvalue weighted by Crippen LogP contribution is -2.04. The Morgan fingerprint density at radius 2 is 1.82 bits per heavy atom. The minimum Gasteiger partial charge on any atom is -0.478 e. The fraction of sp³-hybridized carbons (Fsp3) is 0.154. The van der Waals surface area contributed by atoms with Crippen LogP contribution in [0.4, 0.5) is 0 Å². The number of hydrogen-bond acceptors (Lipinski definition) is 3. The average Bonchev–Trinajstić information content (AvgIpc) is 2.29. The van der Waals surface area contributed by atoms with Gasteiger partial charge < -0.3 is 5.11 Å². The average molecular weight is 228 g/mol. The number of benzene rings is 1. The minimum atomic E-state index is -1.01. The highest BCUT2D eigenvalue weighted by atomic mass is 16.4. The van der Waals surface area contributed by atoms with E-state index in [4.69, 9.17) is 5.11 Å². The number of carbonyl (C=O) groups is 1. The molecular formula is C13H12N2O2. The van der Waals surface area contributed by atoms with Gasteiger partial charge in [-0.05, 0) is 13.8 Å². The normalized spacial score (nSPS) is 10.2. The second-order valence-corrected chi connectivity index (χ2v) is 3.85. The van der Waals surface area contributed by atoms with Crippen LogP contribution in [-0.2, 0) is 0 Å². The molecule has 0 aliphatic heterocycles. The SMILES string of the molecule is Cc1ccc(-c2nc(C)ncc2C(=O)O)cc1. The number of nitrogens with zero attached hydrogens (tertiary/aromatic N) is 2. The molecule has 0 bridgehead atoms. The Kier molecular flexibility index (Phi) is 2.87. The van der Waals surface area contributed by atoms with E-state index in [9.17, 15) is 4.79 Å². The molecule has 0 atom stereocenters. The third kappa shape index (κ3) is 2.30. The van der Waals surface area contributed by atoms with E-state index in [-0.39, 0.29) is 5.56 Å². The summed E-state index contributed by atoms with van der Waals surface area (Å²) in [5.41, 5.74) is 2.50. The van der Waals surface area contributed by atoms with Crippen LogP contribution in [0.5, 0.6) is 0 Å². The molecule has 0 aliphatic rings. The number of aromatic nitrogens is 2. The van der Waals surface area contributed by atoms with Gasteiger partial charge in [-0.15, -0.1) is 0 Å². The second kappa shape index (κ2) is 4.33. The molecule has 4 heteroatoms. The summed E-state index contributed by atoms with van der Waals surface area (Å²) in [4.78, 5) is 19.2. The highest BCUT2D eigenvalue weighted by Gasteiger charge is 2.13. The topological polar surface area (TPSA) is 63.1 Å². The molecule has 0 saturated heterocycles. The maximum atomic E-state index is 11.1. The molecule has 2 aromatic rings. The smallest absolute Gasteiger partial charge is 0.339 e. The molecule has 4 nitrogen and oxygen atoms in total. The Hall–Kier alpha value is -2.23. The summed E-state index contributed by atoms with van der Waals surface area (Å²) in [7, 11) is 0. The van der Waals surface area contributed by atoms with Gasteiger partial charge in [-0.3, -0.25) is 0 Å². The molecule has 2 rings (SSSR count). The Morgan fingerprint density at radius 1 is 1.18 bits per heavy atom. The molecule has 0 radical (unpaired) electrons. The Balaban J connectivity index is 2.60. The maximum Gasteiger partial charge on any atom is 0.339 e. The van der Waals surface area contributed by atoms with E-state index in [2.05, 4.69) is 9.97 Å². The molecule has 86 valence electrons. The lowest BCUT2D eigenvalue weighted by molar-refractivity contribution is 0.0697. The monoisotopic (exact) mass is 228 g/mol. The molecule has 1 heterocycles. The predicted molar refractivity (Wildman–Crippen MR) is 63.9 cm³/mol. The Labute approximate surface area is 99.0 Å². The lowest BCUT2D eigenvalue weighted by atomic mass is 10.1. The van der Waals surface area contributed by atoms with E-state index in [0.29, 0.717) is 11.5 Å². The molecule has 0 saturated carbocycles. The molecule has 0 spiro atoms. The van der Waals surface area contributed by atoms with Gasteiger partial charge in [-0.1, -0.05) is 29.8 Å². The summed E-state index contributed by atoms with van der Waals surface area (Å²) in [6.07, 6.45) is 1.35. The van der Waals surface area contributed by atoms with Crippen molar-refractivity contribution in [2.45, 2.75) is 13.8 Å². The van der Waals surface area contributed by atoms with E-state index >= 15 is 0 Å². The van der Waals surface area contributed by atoms with Crippen molar-refractivity contribution in [2.75, 3.05) is 0 Å². The van der Waals surface area contributed by atoms with E-state index in [1.54, 1.807) is 6.92 Å². The minimum absolute atomic E-state index is 0.124. The van der Waals surface area contributed by atoms with Crippen molar-refractivity contribution < 1.29 is 9.90 Å². The first-order chi connectivity index (χ1) is 8.08. The molecule has 1 aromatic carbocycles. The van der Waals surface area contributed by atoms with Crippen molar-refractivity contribution in [1.82, 2.24) is 9.97 Å². The third-order valence-electron chi connectivity index (χ3n) is 2.46. The molecule has 1 aromatic heterocycles. The first kappa shape index (κ1) is 11.3. The third-order valence-corrected chi connectivity index (χ3v) is 2.46. The van der Waals surface area contributed by atoms with Gasteiger partial charge >= 0.3 is 5.97 Å². The Bertz CT molecular complexity index is 562. The molecular weight excluding hydrogens is 216 g/mol. The van der Waals surface area contributed by atoms with Crippen molar-refractivity contribution >= 4 is 5.97 Å². The van der Waals surface area contributed by atoms with E-state index < -0.39 is 5.97 Å². The molecule has 1 N–H and O–H groups in total. The maximum absolute atomic E-state index is 11.1. The first-order valence-corrected chi connectivity index (χ1v) is 5.22. The Morgan fingerprint density at radius 3 is 2.41 bits per heavy atom. The zero-order valence-electron chi connectivity index (χ0n) is 9.64. The van der Waals surface area contributed by atoms with Crippen molar-refractivity contribution in [3.63, 3.8) is 0 Å². The zero-order chi connectivity index (χ0) is 12.4. The van der Waals surface area contributed by atoms with Gasteiger partial charge in [0.1, 0.15) is 11.4 Å². The molecule has 0 unspecified atom stereocenters. The van der Waals surface area contributed by atoms with Crippen LogP contribution < -0.4 is 0 Å². The van der Waals surface area contributed by atoms with Gasteiger partial charge in [-0.2, -0.15) is 0 Å². The fourth-order valence-electron chi connectivity index (χ4n) is 1.56. The number of aryl methyl sites for hydroxylation is 2. The van der Waals surface area contributed by atoms with Crippen LogP contribution in [0, 0.1) is 13.8 Å².